The average Bonchev–Trinajstić information content (AvgIpc) is 3.44. The Morgan fingerprint density at radius 3 is 2.54 bits per heavy atom. The van der Waals surface area contributed by atoms with Crippen molar-refractivity contribution in [3.8, 4) is 11.8 Å². The van der Waals surface area contributed by atoms with Gasteiger partial charge in [-0.2, -0.15) is 5.26 Å². The highest BCUT2D eigenvalue weighted by molar-refractivity contribution is 5.94. The van der Waals surface area contributed by atoms with Crippen LogP contribution < -0.4 is 4.74 Å². The van der Waals surface area contributed by atoms with Crippen LogP contribution in [0.3, 0.4) is 0 Å². The van der Waals surface area contributed by atoms with Gasteiger partial charge in [-0.15, -0.1) is 0 Å². The van der Waals surface area contributed by atoms with Gasteiger partial charge in [0.25, 0.3) is 5.91 Å². The standard InChI is InChI=1S/C32H39N5O2/c1-22-16-29(39-3)27(26-8-10-34-30(22)26)21-37-11-9-32(17-23(18-32)20-33)19-28(37)24-4-6-25(7-5-24)31(38)36-14-12-35(2)13-15-36/h4-8,10,16,23,28,34H,9,11-15,17-19,21H2,1-3H3. The summed E-state index contributed by atoms with van der Waals surface area (Å²) in [6.45, 7) is 7.29. The fourth-order valence-electron chi connectivity index (χ4n) is 7.17. The number of rotatable bonds is 5. The van der Waals surface area contributed by atoms with Crippen molar-refractivity contribution in [2.24, 2.45) is 11.3 Å². The van der Waals surface area contributed by atoms with Crippen LogP contribution in [0.25, 0.3) is 10.9 Å². The fraction of sp³-hybridized carbons (Fsp3) is 0.500. The van der Waals surface area contributed by atoms with Crippen LogP contribution in [0.15, 0.2) is 42.6 Å². The lowest BCUT2D eigenvalue weighted by Gasteiger charge is -2.53. The number of nitrogens with one attached hydrogen (secondary N) is 1. The van der Waals surface area contributed by atoms with E-state index in [-0.39, 0.29) is 23.3 Å². The lowest BCUT2D eigenvalue weighted by molar-refractivity contribution is -0.0298. The van der Waals surface area contributed by atoms with Gasteiger partial charge < -0.3 is 19.5 Å². The van der Waals surface area contributed by atoms with Crippen LogP contribution in [0.5, 0.6) is 5.75 Å². The molecule has 204 valence electrons. The molecule has 1 aliphatic carbocycles. The smallest absolute Gasteiger partial charge is 0.253 e. The Morgan fingerprint density at radius 1 is 1.10 bits per heavy atom. The number of benzene rings is 2. The molecule has 3 aromatic rings. The summed E-state index contributed by atoms with van der Waals surface area (Å²) >= 11 is 0. The van der Waals surface area contributed by atoms with E-state index < -0.39 is 0 Å². The van der Waals surface area contributed by atoms with Crippen molar-refractivity contribution in [2.75, 3.05) is 46.9 Å². The third-order valence-corrected chi connectivity index (χ3v) is 9.56. The third-order valence-electron chi connectivity index (χ3n) is 9.56. The highest BCUT2D eigenvalue weighted by Gasteiger charge is 2.49. The van der Waals surface area contributed by atoms with Crippen molar-refractivity contribution in [1.29, 1.82) is 5.26 Å². The molecule has 3 aliphatic rings. The van der Waals surface area contributed by atoms with Gasteiger partial charge in [-0.05, 0) is 87.0 Å². The predicted octanol–water partition coefficient (Wildman–Crippen LogP) is 5.13. The summed E-state index contributed by atoms with van der Waals surface area (Å²) in [5.41, 5.74) is 5.83. The van der Waals surface area contributed by atoms with E-state index in [0.29, 0.717) is 0 Å². The van der Waals surface area contributed by atoms with Crippen LogP contribution in [-0.2, 0) is 6.54 Å². The van der Waals surface area contributed by atoms with Crippen molar-refractivity contribution >= 4 is 16.8 Å². The molecule has 3 fully saturated rings. The van der Waals surface area contributed by atoms with Gasteiger partial charge >= 0.3 is 0 Å². The normalized spacial score (nSPS) is 25.9. The topological polar surface area (TPSA) is 75.6 Å². The second kappa shape index (κ2) is 10.3. The van der Waals surface area contributed by atoms with E-state index in [2.05, 4.69) is 59.1 Å². The van der Waals surface area contributed by atoms with E-state index in [1.54, 1.807) is 7.11 Å². The Kier molecular flexibility index (Phi) is 6.86. The number of hydrogen-bond acceptors (Lipinski definition) is 5. The van der Waals surface area contributed by atoms with Gasteiger partial charge in [-0.1, -0.05) is 12.1 Å². The summed E-state index contributed by atoms with van der Waals surface area (Å²) < 4.78 is 5.87. The Balaban J connectivity index is 1.28. The maximum absolute atomic E-state index is 13.2. The lowest BCUT2D eigenvalue weighted by Crippen LogP contribution is -2.48. The van der Waals surface area contributed by atoms with Crippen molar-refractivity contribution in [2.45, 2.75) is 45.2 Å². The SMILES string of the molecule is COc1cc(C)c2[nH]ccc2c1CN1CCC2(CC(C#N)C2)CC1c1ccc(C(=O)N2CCN(C)CC2)cc1. The first kappa shape index (κ1) is 25.9. The summed E-state index contributed by atoms with van der Waals surface area (Å²) in [6, 6.07) is 15.4. The molecule has 1 amide bonds. The number of nitriles is 1. The first-order valence-corrected chi connectivity index (χ1v) is 14.2. The minimum atomic E-state index is 0.127. The van der Waals surface area contributed by atoms with Crippen LogP contribution in [0, 0.1) is 29.6 Å². The highest BCUT2D eigenvalue weighted by atomic mass is 16.5. The Bertz CT molecular complexity index is 1390. The van der Waals surface area contributed by atoms with Gasteiger partial charge in [0.15, 0.2) is 0 Å². The van der Waals surface area contributed by atoms with E-state index in [1.165, 1.54) is 27.6 Å². The van der Waals surface area contributed by atoms with E-state index in [4.69, 9.17) is 4.74 Å². The molecule has 0 bridgehead atoms. The molecular formula is C32H39N5O2. The number of methoxy groups -OCH3 is 1. The molecule has 6 rings (SSSR count). The van der Waals surface area contributed by atoms with E-state index in [1.807, 2.05) is 23.2 Å². The number of likely N-dealkylation sites (N-methyl/N-ethyl adjacent to an activating group) is 1. The van der Waals surface area contributed by atoms with Crippen LogP contribution >= 0.6 is 0 Å². The number of carbonyl (C=O) groups excluding carboxylic acids is 1. The number of carbonyl (C=O) groups is 1. The number of fused-ring (bicyclic) bond motifs is 1. The van der Waals surface area contributed by atoms with Crippen LogP contribution in [0.4, 0.5) is 0 Å². The number of aromatic amines is 1. The van der Waals surface area contributed by atoms with Crippen molar-refractivity contribution in [3.63, 3.8) is 0 Å². The molecule has 7 heteroatoms. The quantitative estimate of drug-likeness (QED) is 0.500. The molecule has 1 aromatic heterocycles. The average molecular weight is 526 g/mol. The third kappa shape index (κ3) is 4.81. The molecule has 7 nitrogen and oxygen atoms in total. The molecule has 2 aromatic carbocycles. The maximum Gasteiger partial charge on any atom is 0.253 e. The summed E-state index contributed by atoms with van der Waals surface area (Å²) in [5, 5.41) is 10.7. The molecule has 1 saturated carbocycles. The highest BCUT2D eigenvalue weighted by Crippen LogP contribution is 2.56. The molecule has 1 spiro atoms. The predicted molar refractivity (Wildman–Crippen MR) is 153 cm³/mol. The zero-order chi connectivity index (χ0) is 27.1. The van der Waals surface area contributed by atoms with E-state index >= 15 is 0 Å². The number of piperidine rings is 1. The maximum atomic E-state index is 13.2. The Labute approximate surface area is 231 Å². The number of amides is 1. The van der Waals surface area contributed by atoms with Gasteiger partial charge in [-0.3, -0.25) is 9.69 Å². The van der Waals surface area contributed by atoms with Crippen LogP contribution in [0.1, 0.15) is 58.8 Å². The van der Waals surface area contributed by atoms with Gasteiger partial charge in [0.1, 0.15) is 5.75 Å². The molecule has 0 radical (unpaired) electrons. The number of piperazine rings is 1. The molecular weight excluding hydrogens is 486 g/mol. The first-order valence-electron chi connectivity index (χ1n) is 14.2. The largest absolute Gasteiger partial charge is 0.496 e. The molecule has 1 unspecified atom stereocenters. The summed E-state index contributed by atoms with van der Waals surface area (Å²) in [6.07, 6.45) is 6.18. The fourth-order valence-corrected chi connectivity index (χ4v) is 7.17. The number of hydrogen-bond donors (Lipinski definition) is 1. The molecule has 2 saturated heterocycles. The zero-order valence-corrected chi connectivity index (χ0v) is 23.4. The van der Waals surface area contributed by atoms with Crippen molar-refractivity contribution in [3.05, 3.63) is 64.8 Å². The zero-order valence-electron chi connectivity index (χ0n) is 23.4. The molecule has 39 heavy (non-hydrogen) atoms. The molecule has 1 N–H and O–H groups in total. The van der Waals surface area contributed by atoms with Crippen molar-refractivity contribution < 1.29 is 9.53 Å². The lowest BCUT2D eigenvalue weighted by atomic mass is 9.56. The summed E-state index contributed by atoms with van der Waals surface area (Å²) in [5.74, 6) is 1.25. The second-order valence-corrected chi connectivity index (χ2v) is 12.0. The monoisotopic (exact) mass is 525 g/mol. The van der Waals surface area contributed by atoms with Gasteiger partial charge in [-0.25, -0.2) is 0 Å². The number of ether oxygens (including phenoxy) is 1. The number of nitrogens with zero attached hydrogens (tertiary/aromatic N) is 4. The minimum absolute atomic E-state index is 0.127. The van der Waals surface area contributed by atoms with E-state index in [9.17, 15) is 10.1 Å². The number of aromatic nitrogens is 1. The Morgan fingerprint density at radius 2 is 1.85 bits per heavy atom. The Hall–Kier alpha value is -3.34. The molecule has 1 atom stereocenters. The minimum Gasteiger partial charge on any atom is -0.496 e. The van der Waals surface area contributed by atoms with Gasteiger partial charge in [0.2, 0.25) is 0 Å². The number of aryl methyl sites for hydroxylation is 1. The summed E-state index contributed by atoms with van der Waals surface area (Å²) in [7, 11) is 3.86. The van der Waals surface area contributed by atoms with Crippen LogP contribution in [-0.4, -0.2) is 72.5 Å². The van der Waals surface area contributed by atoms with Crippen LogP contribution in [0.2, 0.25) is 0 Å². The van der Waals surface area contributed by atoms with Crippen molar-refractivity contribution in [1.82, 2.24) is 19.7 Å². The van der Waals surface area contributed by atoms with Gasteiger partial charge in [0.05, 0.1) is 13.2 Å². The first-order chi connectivity index (χ1) is 18.9. The molecule has 2 aliphatic heterocycles. The summed E-state index contributed by atoms with van der Waals surface area (Å²) in [4.78, 5) is 23.4. The second-order valence-electron chi connectivity index (χ2n) is 12.0. The molecule has 3 heterocycles. The van der Waals surface area contributed by atoms with Gasteiger partial charge in [0, 0.05) is 72.9 Å². The van der Waals surface area contributed by atoms with E-state index in [0.717, 1.165) is 76.3 Å². The number of H-pyrrole nitrogens is 1. The number of likely N-dealkylation sites (tertiary alicyclic amines) is 1.